The van der Waals surface area contributed by atoms with E-state index in [-0.39, 0.29) is 6.10 Å². The van der Waals surface area contributed by atoms with E-state index in [1.165, 1.54) is 0 Å². The highest BCUT2D eigenvalue weighted by molar-refractivity contribution is 5.59. The van der Waals surface area contributed by atoms with Gasteiger partial charge in [0.15, 0.2) is 11.6 Å². The van der Waals surface area contributed by atoms with Crippen LogP contribution in [0, 0.1) is 0 Å². The van der Waals surface area contributed by atoms with Crippen LogP contribution in [0.4, 0.5) is 17.6 Å². The number of anilines is 3. The maximum Gasteiger partial charge on any atom is 0.228 e. The molecule has 3 N–H and O–H groups in total. The Morgan fingerprint density at radius 2 is 1.89 bits per heavy atom. The molecule has 1 saturated heterocycles. The summed E-state index contributed by atoms with van der Waals surface area (Å²) >= 11 is 0. The van der Waals surface area contributed by atoms with Crippen LogP contribution in [0.5, 0.6) is 5.88 Å². The highest BCUT2D eigenvalue weighted by Gasteiger charge is 2.20. The van der Waals surface area contributed by atoms with Crippen LogP contribution in [0.3, 0.4) is 0 Å². The first-order chi connectivity index (χ1) is 17.5. The van der Waals surface area contributed by atoms with Gasteiger partial charge >= 0.3 is 0 Å². The molecule has 0 amide bonds. The number of piperidine rings is 1. The molecule has 1 fully saturated rings. The van der Waals surface area contributed by atoms with Crippen molar-refractivity contribution in [3.05, 3.63) is 60.0 Å². The van der Waals surface area contributed by atoms with Gasteiger partial charge in [-0.05, 0) is 25.8 Å². The average molecular weight is 489 g/mol. The molecular weight excluding hydrogens is 456 g/mol. The zero-order valence-electron chi connectivity index (χ0n) is 20.9. The molecular formula is C26H32N8O2. The Morgan fingerprint density at radius 1 is 1.08 bits per heavy atom. The zero-order chi connectivity index (χ0) is 24.9. The van der Waals surface area contributed by atoms with Gasteiger partial charge in [0.1, 0.15) is 17.6 Å². The zero-order valence-corrected chi connectivity index (χ0v) is 20.9. The molecule has 4 aromatic rings. The number of hydrogen-bond acceptors (Lipinski definition) is 9. The van der Waals surface area contributed by atoms with E-state index in [0.29, 0.717) is 41.7 Å². The molecule has 10 nitrogen and oxygen atoms in total. The molecule has 188 valence electrons. The van der Waals surface area contributed by atoms with Crippen molar-refractivity contribution in [1.29, 1.82) is 0 Å². The molecule has 4 heterocycles. The molecule has 1 aliphatic rings. The first kappa shape index (κ1) is 23.8. The van der Waals surface area contributed by atoms with Gasteiger partial charge in [-0.2, -0.15) is 15.1 Å². The summed E-state index contributed by atoms with van der Waals surface area (Å²) in [6, 6.07) is 15.6. The molecule has 0 aliphatic carbocycles. The normalized spacial score (nSPS) is 14.8. The second-order valence-electron chi connectivity index (χ2n) is 9.42. The highest BCUT2D eigenvalue weighted by Crippen LogP contribution is 2.25. The Labute approximate surface area is 210 Å². The average Bonchev–Trinajstić information content (AvgIpc) is 3.55. The van der Waals surface area contributed by atoms with Crippen LogP contribution in [0.15, 0.2) is 53.1 Å². The van der Waals surface area contributed by atoms with E-state index < -0.39 is 0 Å². The summed E-state index contributed by atoms with van der Waals surface area (Å²) in [5, 5.41) is 18.1. The summed E-state index contributed by atoms with van der Waals surface area (Å²) in [6.45, 7) is 6.63. The summed E-state index contributed by atoms with van der Waals surface area (Å²) in [4.78, 5) is 11.6. The molecule has 0 atom stereocenters. The number of likely N-dealkylation sites (tertiary alicyclic amines) is 1. The van der Waals surface area contributed by atoms with Gasteiger partial charge in [0.25, 0.3) is 0 Å². The van der Waals surface area contributed by atoms with Gasteiger partial charge in [0, 0.05) is 42.5 Å². The topological polar surface area (TPSA) is 117 Å². The van der Waals surface area contributed by atoms with E-state index >= 15 is 0 Å². The third-order valence-corrected chi connectivity index (χ3v) is 6.18. The molecule has 5 rings (SSSR count). The number of nitrogens with one attached hydrogen (secondary N) is 3. The second-order valence-corrected chi connectivity index (χ2v) is 9.42. The van der Waals surface area contributed by atoms with Crippen molar-refractivity contribution in [2.75, 3.05) is 30.8 Å². The second kappa shape index (κ2) is 10.8. The Bertz CT molecular complexity index is 1260. The predicted molar refractivity (Wildman–Crippen MR) is 138 cm³/mol. The fourth-order valence-corrected chi connectivity index (χ4v) is 4.04. The standard InChI is InChI=1S/C26H32N8O2/c1-17(2)21-14-24(32-31-21)28-23-15-25(35-19-9-11-34(3)12-10-19)30-26(29-23)27-16-20-13-22(33-36-20)18-7-5-4-6-8-18/h4-8,13-15,17,19H,9-12,16H2,1-3H3,(H3,27,28,29,30,31,32). The number of benzene rings is 1. The number of H-pyrrole nitrogens is 1. The summed E-state index contributed by atoms with van der Waals surface area (Å²) in [5.74, 6) is 3.27. The fourth-order valence-electron chi connectivity index (χ4n) is 4.04. The van der Waals surface area contributed by atoms with Crippen LogP contribution in [0.2, 0.25) is 0 Å². The maximum atomic E-state index is 6.26. The number of aromatic amines is 1. The van der Waals surface area contributed by atoms with Gasteiger partial charge in [-0.15, -0.1) is 0 Å². The van der Waals surface area contributed by atoms with E-state index in [1.54, 1.807) is 0 Å². The van der Waals surface area contributed by atoms with E-state index in [0.717, 1.165) is 42.9 Å². The number of ether oxygens (including phenoxy) is 1. The maximum absolute atomic E-state index is 6.26. The van der Waals surface area contributed by atoms with Crippen molar-refractivity contribution in [3.8, 4) is 17.1 Å². The number of nitrogens with zero attached hydrogens (tertiary/aromatic N) is 5. The molecule has 1 aromatic carbocycles. The van der Waals surface area contributed by atoms with Crippen LogP contribution in [-0.4, -0.2) is 56.5 Å². The molecule has 0 saturated carbocycles. The minimum atomic E-state index is 0.123. The molecule has 0 bridgehead atoms. The lowest BCUT2D eigenvalue weighted by molar-refractivity contribution is 0.110. The van der Waals surface area contributed by atoms with E-state index in [4.69, 9.17) is 9.26 Å². The predicted octanol–water partition coefficient (Wildman–Crippen LogP) is 4.81. The number of hydrogen-bond donors (Lipinski definition) is 3. The van der Waals surface area contributed by atoms with Crippen LogP contribution in [0.1, 0.15) is 44.1 Å². The van der Waals surface area contributed by atoms with Gasteiger partial charge in [-0.25, -0.2) is 0 Å². The summed E-state index contributed by atoms with van der Waals surface area (Å²) < 4.78 is 11.8. The third-order valence-electron chi connectivity index (χ3n) is 6.18. The minimum absolute atomic E-state index is 0.123. The van der Waals surface area contributed by atoms with Gasteiger partial charge in [0.05, 0.1) is 6.54 Å². The van der Waals surface area contributed by atoms with Crippen LogP contribution in [-0.2, 0) is 6.54 Å². The first-order valence-corrected chi connectivity index (χ1v) is 12.3. The van der Waals surface area contributed by atoms with Crippen molar-refractivity contribution in [3.63, 3.8) is 0 Å². The van der Waals surface area contributed by atoms with Crippen molar-refractivity contribution >= 4 is 17.6 Å². The van der Waals surface area contributed by atoms with E-state index in [9.17, 15) is 0 Å². The van der Waals surface area contributed by atoms with E-state index in [2.05, 4.69) is 61.8 Å². The lowest BCUT2D eigenvalue weighted by atomic mass is 10.1. The summed E-state index contributed by atoms with van der Waals surface area (Å²) in [5.41, 5.74) is 2.84. The SMILES string of the molecule is CC(C)c1cc(Nc2cc(OC3CCN(C)CC3)nc(NCc3cc(-c4ccccc4)no3)n2)n[nH]1. The highest BCUT2D eigenvalue weighted by atomic mass is 16.5. The molecule has 0 unspecified atom stereocenters. The summed E-state index contributed by atoms with van der Waals surface area (Å²) in [6.07, 6.45) is 2.05. The fraction of sp³-hybridized carbons (Fsp3) is 0.385. The first-order valence-electron chi connectivity index (χ1n) is 12.3. The Balaban J connectivity index is 1.32. The molecule has 3 aromatic heterocycles. The quantitative estimate of drug-likeness (QED) is 0.305. The largest absolute Gasteiger partial charge is 0.474 e. The van der Waals surface area contributed by atoms with Gasteiger partial charge in [-0.3, -0.25) is 5.10 Å². The van der Waals surface area contributed by atoms with Crippen LogP contribution in [0.25, 0.3) is 11.3 Å². The number of aromatic nitrogens is 5. The van der Waals surface area contributed by atoms with Gasteiger partial charge < -0.3 is 24.8 Å². The van der Waals surface area contributed by atoms with Crippen molar-refractivity contribution in [2.45, 2.75) is 45.3 Å². The van der Waals surface area contributed by atoms with E-state index in [1.807, 2.05) is 48.5 Å². The monoisotopic (exact) mass is 488 g/mol. The minimum Gasteiger partial charge on any atom is -0.474 e. The molecule has 0 spiro atoms. The molecule has 0 radical (unpaired) electrons. The van der Waals surface area contributed by atoms with Gasteiger partial charge in [0.2, 0.25) is 11.8 Å². The van der Waals surface area contributed by atoms with Crippen LogP contribution < -0.4 is 15.4 Å². The molecule has 1 aliphatic heterocycles. The van der Waals surface area contributed by atoms with Crippen LogP contribution >= 0.6 is 0 Å². The molecule has 10 heteroatoms. The van der Waals surface area contributed by atoms with Crippen molar-refractivity contribution in [1.82, 2.24) is 30.2 Å². The Hall–Kier alpha value is -3.92. The third kappa shape index (κ3) is 6.01. The lowest BCUT2D eigenvalue weighted by Crippen LogP contribution is -2.35. The van der Waals surface area contributed by atoms with Crippen molar-refractivity contribution < 1.29 is 9.26 Å². The van der Waals surface area contributed by atoms with Crippen molar-refractivity contribution in [2.24, 2.45) is 0 Å². The Kier molecular flexibility index (Phi) is 7.13. The lowest BCUT2D eigenvalue weighted by Gasteiger charge is -2.29. The molecule has 36 heavy (non-hydrogen) atoms. The smallest absolute Gasteiger partial charge is 0.228 e. The van der Waals surface area contributed by atoms with Gasteiger partial charge in [-0.1, -0.05) is 49.3 Å². The summed E-state index contributed by atoms with van der Waals surface area (Å²) in [7, 11) is 2.13. The Morgan fingerprint density at radius 3 is 2.64 bits per heavy atom. The number of rotatable bonds is 9.